The SMILES string of the molecule is [N-]=[N+]=NCCCC1C(Nc2nc(Cl)cc(N3CCCCCC3)n2)CCN1C1CCC2(CC1)OCCO2. The molecule has 2 unspecified atom stereocenters. The van der Waals surface area contributed by atoms with Crippen LogP contribution >= 0.6 is 11.6 Å². The summed E-state index contributed by atoms with van der Waals surface area (Å²) in [6.45, 7) is 5.01. The molecule has 0 radical (unpaired) electrons. The van der Waals surface area contributed by atoms with Crippen LogP contribution in [-0.4, -0.2) is 78.2 Å². The van der Waals surface area contributed by atoms with E-state index in [2.05, 4.69) is 30.1 Å². The van der Waals surface area contributed by atoms with Gasteiger partial charge in [-0.15, -0.1) is 0 Å². The van der Waals surface area contributed by atoms with Gasteiger partial charge in [-0.25, -0.2) is 4.98 Å². The Balaban J connectivity index is 1.27. The largest absolute Gasteiger partial charge is 0.356 e. The Kier molecular flexibility index (Phi) is 8.70. The minimum atomic E-state index is -0.344. The lowest BCUT2D eigenvalue weighted by Crippen LogP contribution is -2.48. The molecule has 1 N–H and O–H groups in total. The van der Waals surface area contributed by atoms with Crippen LogP contribution in [0, 0.1) is 0 Å². The molecule has 3 aliphatic heterocycles. The van der Waals surface area contributed by atoms with Crippen molar-refractivity contribution in [1.29, 1.82) is 0 Å². The molecule has 4 fully saturated rings. The first-order valence-corrected chi connectivity index (χ1v) is 14.1. The van der Waals surface area contributed by atoms with Gasteiger partial charge in [0, 0.05) is 68.1 Å². The van der Waals surface area contributed by atoms with Crippen molar-refractivity contribution in [3.63, 3.8) is 0 Å². The molecule has 36 heavy (non-hydrogen) atoms. The maximum atomic E-state index is 8.72. The van der Waals surface area contributed by atoms with E-state index >= 15 is 0 Å². The van der Waals surface area contributed by atoms with Crippen LogP contribution in [0.4, 0.5) is 11.8 Å². The number of nitrogens with one attached hydrogen (secondary N) is 1. The summed E-state index contributed by atoms with van der Waals surface area (Å²) in [6.07, 6.45) is 11.8. The molecule has 2 atom stereocenters. The van der Waals surface area contributed by atoms with Crippen molar-refractivity contribution in [2.75, 3.05) is 49.6 Å². The van der Waals surface area contributed by atoms with Gasteiger partial charge in [0.05, 0.1) is 13.2 Å². The highest BCUT2D eigenvalue weighted by Crippen LogP contribution is 2.40. The van der Waals surface area contributed by atoms with E-state index in [9.17, 15) is 0 Å². The van der Waals surface area contributed by atoms with Crippen LogP contribution in [0.3, 0.4) is 0 Å². The van der Waals surface area contributed by atoms with Gasteiger partial charge in [0.25, 0.3) is 0 Å². The molecule has 11 heteroatoms. The molecule has 1 aliphatic carbocycles. The third kappa shape index (κ3) is 6.17. The molecule has 0 bridgehead atoms. The average molecular weight is 519 g/mol. The molecule has 198 valence electrons. The van der Waals surface area contributed by atoms with Gasteiger partial charge in [-0.2, -0.15) is 4.98 Å². The van der Waals surface area contributed by atoms with E-state index in [1.165, 1.54) is 25.7 Å². The first-order valence-electron chi connectivity index (χ1n) is 13.8. The predicted octanol–water partition coefficient (Wildman–Crippen LogP) is 5.14. The number of ether oxygens (including phenoxy) is 2. The van der Waals surface area contributed by atoms with Crippen LogP contribution in [0.15, 0.2) is 11.2 Å². The van der Waals surface area contributed by atoms with E-state index in [4.69, 9.17) is 31.6 Å². The zero-order chi connectivity index (χ0) is 24.8. The normalized spacial score (nSPS) is 27.2. The van der Waals surface area contributed by atoms with Gasteiger partial charge in [-0.1, -0.05) is 29.6 Å². The average Bonchev–Trinajstić information content (AvgIpc) is 3.39. The summed E-state index contributed by atoms with van der Waals surface area (Å²) in [4.78, 5) is 17.4. The Morgan fingerprint density at radius 1 is 1.08 bits per heavy atom. The van der Waals surface area contributed by atoms with E-state index in [0.717, 1.165) is 70.4 Å². The van der Waals surface area contributed by atoms with Crippen molar-refractivity contribution < 1.29 is 9.47 Å². The minimum Gasteiger partial charge on any atom is -0.356 e. The molecule has 10 nitrogen and oxygen atoms in total. The number of hydrogen-bond donors (Lipinski definition) is 1. The van der Waals surface area contributed by atoms with Gasteiger partial charge < -0.3 is 19.7 Å². The van der Waals surface area contributed by atoms with E-state index in [-0.39, 0.29) is 11.8 Å². The second-order valence-electron chi connectivity index (χ2n) is 10.6. The molecule has 3 saturated heterocycles. The van der Waals surface area contributed by atoms with Crippen LogP contribution in [-0.2, 0) is 9.47 Å². The van der Waals surface area contributed by atoms with Crippen molar-refractivity contribution in [3.05, 3.63) is 21.7 Å². The monoisotopic (exact) mass is 518 g/mol. The Labute approximate surface area is 218 Å². The lowest BCUT2D eigenvalue weighted by atomic mass is 9.88. The maximum absolute atomic E-state index is 8.72. The van der Waals surface area contributed by atoms with Crippen molar-refractivity contribution in [3.8, 4) is 0 Å². The number of nitrogens with zero attached hydrogens (tertiary/aromatic N) is 7. The molecule has 5 rings (SSSR count). The first-order chi connectivity index (χ1) is 17.7. The van der Waals surface area contributed by atoms with Crippen molar-refractivity contribution >= 4 is 23.4 Å². The third-order valence-corrected chi connectivity index (χ3v) is 8.53. The highest BCUT2D eigenvalue weighted by molar-refractivity contribution is 6.29. The highest BCUT2D eigenvalue weighted by atomic mass is 35.5. The van der Waals surface area contributed by atoms with Crippen LogP contribution < -0.4 is 10.2 Å². The Bertz CT molecular complexity index is 905. The smallest absolute Gasteiger partial charge is 0.226 e. The predicted molar refractivity (Wildman–Crippen MR) is 140 cm³/mol. The first kappa shape index (κ1) is 25.8. The minimum absolute atomic E-state index is 0.224. The molecular formula is C25H39ClN8O2. The summed E-state index contributed by atoms with van der Waals surface area (Å²) in [5, 5.41) is 7.91. The number of likely N-dealkylation sites (tertiary alicyclic amines) is 1. The zero-order valence-corrected chi connectivity index (χ0v) is 21.9. The molecule has 0 amide bonds. The van der Waals surface area contributed by atoms with Crippen LogP contribution in [0.25, 0.3) is 10.4 Å². The molecule has 1 aromatic rings. The van der Waals surface area contributed by atoms with Crippen molar-refractivity contribution in [1.82, 2.24) is 14.9 Å². The Hall–Kier alpha value is -1.84. The van der Waals surface area contributed by atoms with Gasteiger partial charge in [0.15, 0.2) is 5.79 Å². The van der Waals surface area contributed by atoms with Gasteiger partial charge in [0.2, 0.25) is 5.95 Å². The molecule has 4 heterocycles. The third-order valence-electron chi connectivity index (χ3n) is 8.34. The van der Waals surface area contributed by atoms with Gasteiger partial charge in [-0.3, -0.25) is 4.90 Å². The van der Waals surface area contributed by atoms with Crippen LogP contribution in [0.2, 0.25) is 5.15 Å². The molecular weight excluding hydrogens is 480 g/mol. The van der Waals surface area contributed by atoms with Crippen molar-refractivity contribution in [2.45, 2.75) is 94.5 Å². The van der Waals surface area contributed by atoms with Crippen LogP contribution in [0.5, 0.6) is 0 Å². The summed E-state index contributed by atoms with van der Waals surface area (Å²) >= 11 is 6.46. The number of hydrogen-bond acceptors (Lipinski definition) is 8. The van der Waals surface area contributed by atoms with E-state index in [1.54, 1.807) is 0 Å². The lowest BCUT2D eigenvalue weighted by molar-refractivity contribution is -0.184. The summed E-state index contributed by atoms with van der Waals surface area (Å²) in [5.41, 5.74) is 8.72. The summed E-state index contributed by atoms with van der Waals surface area (Å²) in [7, 11) is 0. The van der Waals surface area contributed by atoms with Gasteiger partial charge in [-0.05, 0) is 50.5 Å². The summed E-state index contributed by atoms with van der Waals surface area (Å²) in [5.74, 6) is 1.19. The number of rotatable bonds is 8. The maximum Gasteiger partial charge on any atom is 0.226 e. The Morgan fingerprint density at radius 3 is 2.56 bits per heavy atom. The molecule has 4 aliphatic rings. The quantitative estimate of drug-likeness (QED) is 0.167. The number of azide groups is 1. The fourth-order valence-electron chi connectivity index (χ4n) is 6.54. The number of aromatic nitrogens is 2. The summed E-state index contributed by atoms with van der Waals surface area (Å²) < 4.78 is 11.9. The summed E-state index contributed by atoms with van der Waals surface area (Å²) in [6, 6.07) is 2.95. The fraction of sp³-hybridized carbons (Fsp3) is 0.840. The molecule has 1 saturated carbocycles. The van der Waals surface area contributed by atoms with E-state index < -0.39 is 0 Å². The van der Waals surface area contributed by atoms with Gasteiger partial charge in [0.1, 0.15) is 11.0 Å². The topological polar surface area (TPSA) is 112 Å². The molecule has 1 spiro atoms. The fourth-order valence-corrected chi connectivity index (χ4v) is 6.72. The standard InChI is InChI=1S/C25H39ClN8O2/c26-22-18-23(33-13-3-1-2-4-14-33)31-24(30-22)29-20-9-15-34(21(20)6-5-12-28-32-27)19-7-10-25(11-8-19)35-16-17-36-25/h18-21H,1-17H2,(H,29,30,31). The van der Waals surface area contributed by atoms with E-state index in [0.29, 0.717) is 42.9 Å². The highest BCUT2D eigenvalue weighted by Gasteiger charge is 2.45. The van der Waals surface area contributed by atoms with Gasteiger partial charge >= 0.3 is 0 Å². The molecule has 0 aromatic carbocycles. The number of halogens is 1. The van der Waals surface area contributed by atoms with E-state index in [1.807, 2.05) is 6.07 Å². The second-order valence-corrected chi connectivity index (χ2v) is 10.9. The number of anilines is 2. The van der Waals surface area contributed by atoms with Crippen LogP contribution in [0.1, 0.15) is 70.6 Å². The zero-order valence-electron chi connectivity index (χ0n) is 21.2. The van der Waals surface area contributed by atoms with Crippen molar-refractivity contribution in [2.24, 2.45) is 5.11 Å². The second kappa shape index (κ2) is 12.1. The molecule has 1 aromatic heterocycles. The lowest BCUT2D eigenvalue weighted by Gasteiger charge is -2.42. The Morgan fingerprint density at radius 2 is 1.83 bits per heavy atom.